The second-order valence-electron chi connectivity index (χ2n) is 8.15. The highest BCUT2D eigenvalue weighted by atomic mass is 16.3. The van der Waals surface area contributed by atoms with Crippen LogP contribution in [-0.4, -0.2) is 57.6 Å². The molecule has 144 valence electrons. The summed E-state index contributed by atoms with van der Waals surface area (Å²) in [6, 6.07) is 10.6. The molecular weight excluding hydrogens is 349 g/mol. The highest BCUT2D eigenvalue weighted by molar-refractivity contribution is 6.36. The summed E-state index contributed by atoms with van der Waals surface area (Å²) in [6.07, 6.45) is 8.28. The third kappa shape index (κ3) is 3.13. The van der Waals surface area contributed by atoms with Crippen LogP contribution in [-0.2, 0) is 0 Å². The molecule has 1 saturated carbocycles. The van der Waals surface area contributed by atoms with Gasteiger partial charge in [-0.2, -0.15) is 9.61 Å². The number of nitrogens with zero attached hydrogens (tertiary/aromatic N) is 4. The van der Waals surface area contributed by atoms with Crippen molar-refractivity contribution in [1.29, 1.82) is 0 Å². The molecule has 1 aliphatic carbocycles. The van der Waals surface area contributed by atoms with Crippen LogP contribution >= 0.6 is 0 Å². The fraction of sp³-hybridized carbons (Fsp3) is 0.429. The van der Waals surface area contributed by atoms with Crippen molar-refractivity contribution >= 4 is 24.8 Å². The van der Waals surface area contributed by atoms with Gasteiger partial charge in [0.25, 0.3) is 0 Å². The number of rotatable bonds is 4. The molecule has 1 aliphatic heterocycles. The first kappa shape index (κ1) is 17.6. The van der Waals surface area contributed by atoms with Gasteiger partial charge in [0.05, 0.1) is 5.69 Å². The van der Waals surface area contributed by atoms with Gasteiger partial charge in [-0.05, 0) is 43.3 Å². The zero-order chi connectivity index (χ0) is 19.1. The maximum absolute atomic E-state index is 10.3. The van der Waals surface area contributed by atoms with Crippen molar-refractivity contribution in [2.24, 2.45) is 0 Å². The summed E-state index contributed by atoms with van der Waals surface area (Å²) in [5, 5.41) is 18.5. The molecule has 28 heavy (non-hydrogen) atoms. The van der Waals surface area contributed by atoms with E-state index in [2.05, 4.69) is 15.3 Å². The number of likely N-dealkylation sites (tertiary alicyclic amines) is 1. The second kappa shape index (κ2) is 7.13. The predicted octanol–water partition coefficient (Wildman–Crippen LogP) is 1.79. The van der Waals surface area contributed by atoms with E-state index in [0.717, 1.165) is 47.1 Å². The van der Waals surface area contributed by atoms with Gasteiger partial charge in [0.2, 0.25) is 0 Å². The van der Waals surface area contributed by atoms with E-state index in [4.69, 9.17) is 4.98 Å². The van der Waals surface area contributed by atoms with E-state index in [-0.39, 0.29) is 5.75 Å². The number of nitrogens with one attached hydrogen (secondary N) is 1. The molecule has 0 spiro atoms. The Bertz CT molecular complexity index is 992. The maximum Gasteiger partial charge on any atom is 0.151 e. The summed E-state index contributed by atoms with van der Waals surface area (Å²) in [7, 11) is 2.02. The fourth-order valence-electron chi connectivity index (χ4n) is 4.37. The Morgan fingerprint density at radius 2 is 1.89 bits per heavy atom. The Kier molecular flexibility index (Phi) is 4.47. The van der Waals surface area contributed by atoms with Gasteiger partial charge in [0.1, 0.15) is 19.4 Å². The lowest BCUT2D eigenvalue weighted by atomic mass is 9.89. The molecule has 2 fully saturated rings. The summed E-state index contributed by atoms with van der Waals surface area (Å²) >= 11 is 0. The van der Waals surface area contributed by atoms with Gasteiger partial charge < -0.3 is 15.3 Å². The molecule has 2 aromatic heterocycles. The molecule has 6 nitrogen and oxygen atoms in total. The SMILES string of the molecule is Bc1cnn2c(NC3CCN(C4CCC4)CC3)cc(-c3ccccc3O)nc12. The lowest BCUT2D eigenvalue weighted by Crippen LogP contribution is -2.47. The second-order valence-corrected chi connectivity index (χ2v) is 8.15. The average molecular weight is 375 g/mol. The Morgan fingerprint density at radius 3 is 2.61 bits per heavy atom. The number of hydrogen-bond donors (Lipinski definition) is 2. The van der Waals surface area contributed by atoms with E-state index >= 15 is 0 Å². The minimum Gasteiger partial charge on any atom is -0.507 e. The minimum atomic E-state index is 0.247. The van der Waals surface area contributed by atoms with Crippen LogP contribution in [0.3, 0.4) is 0 Å². The molecular formula is C21H26BN5O. The summed E-state index contributed by atoms with van der Waals surface area (Å²) in [5.41, 5.74) is 3.37. The molecule has 0 bridgehead atoms. The molecule has 0 radical (unpaired) electrons. The largest absolute Gasteiger partial charge is 0.507 e. The molecule has 2 N–H and O–H groups in total. The van der Waals surface area contributed by atoms with E-state index in [0.29, 0.717) is 6.04 Å². The van der Waals surface area contributed by atoms with Crippen LogP contribution in [0.2, 0.25) is 0 Å². The van der Waals surface area contributed by atoms with Crippen LogP contribution in [0.15, 0.2) is 36.5 Å². The van der Waals surface area contributed by atoms with Gasteiger partial charge in [-0.15, -0.1) is 0 Å². The smallest absolute Gasteiger partial charge is 0.151 e. The topological polar surface area (TPSA) is 65.7 Å². The molecule has 3 heterocycles. The van der Waals surface area contributed by atoms with Crippen molar-refractivity contribution in [3.8, 4) is 17.0 Å². The summed E-state index contributed by atoms with van der Waals surface area (Å²) in [4.78, 5) is 7.43. The number of benzene rings is 1. The maximum atomic E-state index is 10.3. The predicted molar refractivity (Wildman–Crippen MR) is 114 cm³/mol. The number of phenols is 1. The summed E-state index contributed by atoms with van der Waals surface area (Å²) in [5.74, 6) is 1.19. The van der Waals surface area contributed by atoms with Crippen LogP contribution in [0, 0.1) is 0 Å². The minimum absolute atomic E-state index is 0.247. The molecule has 0 atom stereocenters. The van der Waals surface area contributed by atoms with Gasteiger partial charge in [-0.3, -0.25) is 0 Å². The fourth-order valence-corrected chi connectivity index (χ4v) is 4.37. The molecule has 5 rings (SSSR count). The van der Waals surface area contributed by atoms with Crippen LogP contribution in [0.5, 0.6) is 5.75 Å². The van der Waals surface area contributed by atoms with Crippen molar-refractivity contribution in [2.75, 3.05) is 18.4 Å². The van der Waals surface area contributed by atoms with Gasteiger partial charge in [0, 0.05) is 43.0 Å². The van der Waals surface area contributed by atoms with E-state index < -0.39 is 0 Å². The first-order valence-corrected chi connectivity index (χ1v) is 10.3. The van der Waals surface area contributed by atoms with Crippen LogP contribution in [0.1, 0.15) is 32.1 Å². The monoisotopic (exact) mass is 375 g/mol. The van der Waals surface area contributed by atoms with E-state index in [1.165, 1.54) is 32.4 Å². The normalized spacial score (nSPS) is 19.0. The first-order valence-electron chi connectivity index (χ1n) is 10.3. The Morgan fingerprint density at radius 1 is 1.11 bits per heavy atom. The molecule has 1 saturated heterocycles. The number of phenolic OH excluding ortho intramolecular Hbond substituents is 1. The molecule has 2 aliphatic rings. The molecule has 7 heteroatoms. The van der Waals surface area contributed by atoms with Gasteiger partial charge >= 0.3 is 0 Å². The van der Waals surface area contributed by atoms with E-state index in [1.807, 2.05) is 42.8 Å². The zero-order valence-corrected chi connectivity index (χ0v) is 16.3. The average Bonchev–Trinajstić information content (AvgIpc) is 3.04. The number of para-hydroxylation sites is 1. The van der Waals surface area contributed by atoms with Gasteiger partial charge in [-0.1, -0.05) is 18.6 Å². The number of hydrogen-bond acceptors (Lipinski definition) is 5. The quantitative estimate of drug-likeness (QED) is 0.681. The Labute approximate surface area is 166 Å². The summed E-state index contributed by atoms with van der Waals surface area (Å²) < 4.78 is 1.89. The van der Waals surface area contributed by atoms with Crippen molar-refractivity contribution in [3.05, 3.63) is 36.5 Å². The van der Waals surface area contributed by atoms with Gasteiger partial charge in [-0.25, -0.2) is 4.98 Å². The molecule has 0 unspecified atom stereocenters. The number of aromatic nitrogens is 3. The lowest BCUT2D eigenvalue weighted by molar-refractivity contribution is 0.101. The van der Waals surface area contributed by atoms with E-state index in [1.54, 1.807) is 6.07 Å². The molecule has 0 amide bonds. The third-order valence-electron chi connectivity index (χ3n) is 6.30. The summed E-state index contributed by atoms with van der Waals surface area (Å²) in [6.45, 7) is 2.34. The van der Waals surface area contributed by atoms with Crippen LogP contribution < -0.4 is 10.8 Å². The highest BCUT2D eigenvalue weighted by Crippen LogP contribution is 2.31. The number of piperidine rings is 1. The number of anilines is 1. The number of fused-ring (bicyclic) bond motifs is 1. The number of aromatic hydroxyl groups is 1. The first-order chi connectivity index (χ1) is 13.7. The van der Waals surface area contributed by atoms with Crippen molar-refractivity contribution in [1.82, 2.24) is 19.5 Å². The van der Waals surface area contributed by atoms with Crippen LogP contribution in [0.4, 0.5) is 5.82 Å². The standard InChI is InChI=1S/C21H26BN5O/c22-17-13-23-27-20(24-14-8-10-26(11-9-14)15-4-3-5-15)12-18(25-21(17)27)16-6-1-2-7-19(16)28/h1-2,6-7,12-15,24,28H,3-5,8-11,22H2. The van der Waals surface area contributed by atoms with Gasteiger partial charge in [0.15, 0.2) is 5.65 Å². The van der Waals surface area contributed by atoms with Crippen molar-refractivity contribution in [2.45, 2.75) is 44.2 Å². The Balaban J connectivity index is 1.43. The van der Waals surface area contributed by atoms with Crippen LogP contribution in [0.25, 0.3) is 16.9 Å². The lowest BCUT2D eigenvalue weighted by Gasteiger charge is -2.42. The molecule has 1 aromatic carbocycles. The van der Waals surface area contributed by atoms with E-state index in [9.17, 15) is 5.11 Å². The third-order valence-corrected chi connectivity index (χ3v) is 6.30. The van der Waals surface area contributed by atoms with Crippen molar-refractivity contribution in [3.63, 3.8) is 0 Å². The van der Waals surface area contributed by atoms with Crippen molar-refractivity contribution < 1.29 is 5.11 Å². The zero-order valence-electron chi connectivity index (χ0n) is 16.3. The Hall–Kier alpha value is -2.54. The molecule has 3 aromatic rings. The highest BCUT2D eigenvalue weighted by Gasteiger charge is 2.29.